The Labute approximate surface area is 304 Å². The van der Waals surface area contributed by atoms with Gasteiger partial charge in [-0.3, -0.25) is 19.2 Å². The van der Waals surface area contributed by atoms with Crippen molar-refractivity contribution >= 4 is 78.3 Å². The highest BCUT2D eigenvalue weighted by atomic mass is 28.5. The normalized spacial score (nSPS) is 18.4. The van der Waals surface area contributed by atoms with Crippen LogP contribution in [-0.4, -0.2) is 70.6 Å². The lowest BCUT2D eigenvalue weighted by Gasteiger charge is -2.38. The minimum absolute atomic E-state index is 0.227. The molecule has 1 aromatic heterocycles. The van der Waals surface area contributed by atoms with Crippen molar-refractivity contribution in [3.05, 3.63) is 59.7 Å². The average Bonchev–Trinajstić information content (AvgIpc) is 3.00. The first-order valence-corrected chi connectivity index (χ1v) is 26.2. The van der Waals surface area contributed by atoms with Gasteiger partial charge in [0.15, 0.2) is 16.6 Å². The molecule has 8 bridgehead atoms. The smallest absolute Gasteiger partial charge is 0.320 e. The Morgan fingerprint density at radius 3 is 1.38 bits per heavy atom. The van der Waals surface area contributed by atoms with Crippen LogP contribution in [-0.2, 0) is 46.4 Å². The summed E-state index contributed by atoms with van der Waals surface area (Å²) in [4.78, 5) is 64.4. The molecule has 3 aromatic rings. The standard InChI is InChI=1S/C33H44N6O10Si3/c1-50(2,3)48-52(7,49-51(4,5)6)18-8-17-34-31-37-32-35-23-13-9-21(10-14-23)29-44-25(40)19-27(42)46-30(47-28(43)20-26(41)45-29)22-11-15-24(16-12-22)36-33(38-31)39-32/h9-16,29-30H,8,17-20H2,1-7H3,(H3,34,35,36,37,38,39). The van der Waals surface area contributed by atoms with E-state index in [1.54, 1.807) is 24.3 Å². The number of nitrogens with one attached hydrogen (secondary N) is 3. The zero-order valence-corrected chi connectivity index (χ0v) is 33.2. The lowest BCUT2D eigenvalue weighted by Crippen LogP contribution is -2.52. The molecule has 3 N–H and O–H groups in total. The lowest BCUT2D eigenvalue weighted by atomic mass is 10.2. The van der Waals surface area contributed by atoms with Gasteiger partial charge in [-0.25, -0.2) is 0 Å². The second kappa shape index (κ2) is 15.9. The zero-order valence-electron chi connectivity index (χ0n) is 30.2. The van der Waals surface area contributed by atoms with Gasteiger partial charge in [-0.05, 0) is 107 Å². The minimum atomic E-state index is -2.44. The third-order valence-electron chi connectivity index (χ3n) is 7.18. The Kier molecular flexibility index (Phi) is 11.8. The molecule has 1 fully saturated rings. The topological polar surface area (TPSA) is 198 Å². The van der Waals surface area contributed by atoms with E-state index < -0.39 is 74.5 Å². The molecule has 0 atom stereocenters. The van der Waals surface area contributed by atoms with Crippen molar-refractivity contribution < 1.29 is 46.4 Å². The molecule has 16 nitrogen and oxygen atoms in total. The molecule has 0 unspecified atom stereocenters. The molecule has 0 spiro atoms. The summed E-state index contributed by atoms with van der Waals surface area (Å²) in [6, 6.07) is 13.5. The number of benzene rings is 2. The van der Waals surface area contributed by atoms with Crippen LogP contribution < -0.4 is 16.0 Å². The fourth-order valence-electron chi connectivity index (χ4n) is 5.50. The third-order valence-corrected chi connectivity index (χ3v) is 16.8. The molecular weight excluding hydrogens is 725 g/mol. The number of anilines is 5. The van der Waals surface area contributed by atoms with E-state index in [1.807, 2.05) is 0 Å². The molecule has 1 saturated heterocycles. The van der Waals surface area contributed by atoms with Crippen molar-refractivity contribution in [1.82, 2.24) is 15.0 Å². The Hall–Kier alpha value is -4.70. The monoisotopic (exact) mass is 768 g/mol. The lowest BCUT2D eigenvalue weighted by molar-refractivity contribution is -0.203. The summed E-state index contributed by atoms with van der Waals surface area (Å²) in [7, 11) is -6.13. The van der Waals surface area contributed by atoms with E-state index in [9.17, 15) is 19.2 Å². The van der Waals surface area contributed by atoms with E-state index in [0.29, 0.717) is 23.9 Å². The SMILES string of the molecule is C[Si](C)(C)O[Si](C)(CCCNc1nc2nc(n1)Nc1ccc(cc1)C1OC(=O)CC(=O)OC(OC(=O)CC(=O)O1)c1ccc(cc1)N2)O[Si](C)(C)C. The van der Waals surface area contributed by atoms with Crippen LogP contribution in [0.5, 0.6) is 0 Å². The summed E-state index contributed by atoms with van der Waals surface area (Å²) in [6.45, 7) is 15.8. The highest BCUT2D eigenvalue weighted by molar-refractivity contribution is 6.87. The van der Waals surface area contributed by atoms with Gasteiger partial charge in [0.05, 0.1) is 0 Å². The van der Waals surface area contributed by atoms with E-state index >= 15 is 0 Å². The second-order valence-electron chi connectivity index (χ2n) is 14.4. The van der Waals surface area contributed by atoms with Gasteiger partial charge in [-0.1, -0.05) is 0 Å². The van der Waals surface area contributed by atoms with E-state index in [-0.39, 0.29) is 23.0 Å². The number of hydrogen-bond donors (Lipinski definition) is 3. The zero-order chi connectivity index (χ0) is 37.7. The van der Waals surface area contributed by atoms with Gasteiger partial charge in [0.25, 0.3) is 12.6 Å². The van der Waals surface area contributed by atoms with Crippen molar-refractivity contribution in [2.24, 2.45) is 0 Å². The first-order valence-electron chi connectivity index (χ1n) is 16.8. The number of ether oxygens (including phenoxy) is 4. The fourth-order valence-corrected chi connectivity index (χ4v) is 18.0. The van der Waals surface area contributed by atoms with Crippen molar-refractivity contribution in [3.63, 3.8) is 0 Å². The van der Waals surface area contributed by atoms with Crippen LogP contribution in [0.25, 0.3) is 0 Å². The van der Waals surface area contributed by atoms with E-state index in [4.69, 9.17) is 27.2 Å². The van der Waals surface area contributed by atoms with Crippen molar-refractivity contribution in [3.8, 4) is 0 Å². The van der Waals surface area contributed by atoms with Crippen LogP contribution in [0.1, 0.15) is 43.0 Å². The number of aromatic nitrogens is 3. The van der Waals surface area contributed by atoms with Gasteiger partial charge in [-0.15, -0.1) is 0 Å². The van der Waals surface area contributed by atoms with Gasteiger partial charge in [0, 0.05) is 29.0 Å². The van der Waals surface area contributed by atoms with Crippen LogP contribution in [0, 0.1) is 0 Å². The molecule has 0 saturated carbocycles. The Morgan fingerprint density at radius 1 is 0.635 bits per heavy atom. The molecule has 6 aliphatic rings. The number of rotatable bonds is 9. The molecule has 7 heterocycles. The van der Waals surface area contributed by atoms with Gasteiger partial charge >= 0.3 is 32.4 Å². The summed E-state index contributed by atoms with van der Waals surface area (Å²) in [5.74, 6) is -3.28. The minimum Gasteiger partial charge on any atom is -0.437 e. The summed E-state index contributed by atoms with van der Waals surface area (Å²) < 4.78 is 34.6. The highest BCUT2D eigenvalue weighted by Gasteiger charge is 2.39. The number of carbonyl (C=O) groups excluding carboxylic acids is 4. The predicted molar refractivity (Wildman–Crippen MR) is 197 cm³/mol. The number of carbonyl (C=O) groups is 4. The van der Waals surface area contributed by atoms with Gasteiger partial charge < -0.3 is 43.1 Å². The fraction of sp³-hybridized carbons (Fsp3) is 0.424. The van der Waals surface area contributed by atoms with Crippen LogP contribution in [0.15, 0.2) is 48.5 Å². The van der Waals surface area contributed by atoms with Crippen LogP contribution in [0.4, 0.5) is 29.2 Å². The molecule has 9 rings (SSSR count). The molecule has 0 radical (unpaired) electrons. The quantitative estimate of drug-likeness (QED) is 0.100. The number of hydrogen-bond acceptors (Lipinski definition) is 16. The maximum atomic E-state index is 12.7. The molecular formula is C33H44N6O10Si3. The first kappa shape index (κ1) is 38.5. The highest BCUT2D eigenvalue weighted by Crippen LogP contribution is 2.29. The maximum Gasteiger partial charge on any atom is 0.320 e. The van der Waals surface area contributed by atoms with Crippen LogP contribution >= 0.6 is 0 Å². The predicted octanol–water partition coefficient (Wildman–Crippen LogP) is 5.91. The molecule has 52 heavy (non-hydrogen) atoms. The van der Waals surface area contributed by atoms with Crippen LogP contribution in [0.3, 0.4) is 0 Å². The van der Waals surface area contributed by atoms with Crippen molar-refractivity contribution in [2.75, 3.05) is 22.5 Å². The van der Waals surface area contributed by atoms with E-state index in [2.05, 4.69) is 76.7 Å². The Morgan fingerprint density at radius 2 is 1.02 bits per heavy atom. The summed E-state index contributed by atoms with van der Waals surface area (Å²) in [6.07, 6.45) is -3.98. The van der Waals surface area contributed by atoms with Gasteiger partial charge in [-0.2, -0.15) is 15.0 Å². The third kappa shape index (κ3) is 11.7. The average molecular weight is 769 g/mol. The molecule has 6 aliphatic heterocycles. The summed E-state index contributed by atoms with van der Waals surface area (Å²) in [5.41, 5.74) is 1.60. The molecule has 2 aromatic carbocycles. The molecule has 0 amide bonds. The largest absolute Gasteiger partial charge is 0.437 e. The Balaban J connectivity index is 1.44. The van der Waals surface area contributed by atoms with Crippen molar-refractivity contribution in [1.29, 1.82) is 0 Å². The van der Waals surface area contributed by atoms with E-state index in [0.717, 1.165) is 12.5 Å². The Bertz CT molecular complexity index is 1640. The maximum absolute atomic E-state index is 12.7. The summed E-state index contributed by atoms with van der Waals surface area (Å²) >= 11 is 0. The van der Waals surface area contributed by atoms with Gasteiger partial charge in [0.1, 0.15) is 12.8 Å². The number of esters is 4. The molecule has 278 valence electrons. The second-order valence-corrected chi connectivity index (χ2v) is 27.2. The molecule has 0 aliphatic carbocycles. The number of nitrogens with zero attached hydrogens (tertiary/aromatic N) is 3. The first-order chi connectivity index (χ1) is 24.4. The number of fused-ring (bicyclic) bond motifs is 4. The van der Waals surface area contributed by atoms with Crippen molar-refractivity contribution in [2.45, 2.75) is 83.7 Å². The summed E-state index contributed by atoms with van der Waals surface area (Å²) in [5, 5.41) is 9.63. The van der Waals surface area contributed by atoms with Gasteiger partial charge in [0.2, 0.25) is 17.8 Å². The van der Waals surface area contributed by atoms with E-state index in [1.165, 1.54) is 24.3 Å². The van der Waals surface area contributed by atoms with Crippen LogP contribution in [0.2, 0.25) is 51.9 Å². The molecule has 19 heteroatoms.